The van der Waals surface area contributed by atoms with Gasteiger partial charge < -0.3 is 56.0 Å². The van der Waals surface area contributed by atoms with Crippen molar-refractivity contribution in [2.45, 2.75) is 135 Å². The summed E-state index contributed by atoms with van der Waals surface area (Å²) in [6, 6.07) is 0. The highest BCUT2D eigenvalue weighted by Gasteiger charge is 2.50. The number of nitrogens with zero attached hydrogens (tertiary/aromatic N) is 4. The van der Waals surface area contributed by atoms with Crippen LogP contribution in [0, 0.1) is 5.41 Å². The number of unbranched alkanes of at least 4 members (excludes halogenated alkanes) is 11. The molecule has 3 rings (SSSR count). The Bertz CT molecular complexity index is 2230. The smallest absolute Gasteiger partial charge is 0.481 e. The first-order chi connectivity index (χ1) is 32.9. The van der Waals surface area contributed by atoms with Crippen molar-refractivity contribution in [3.8, 4) is 0 Å². The Morgan fingerprint density at radius 2 is 1.57 bits per heavy atom. The highest BCUT2D eigenvalue weighted by Crippen LogP contribution is 2.61. The molecule has 70 heavy (non-hydrogen) atoms. The second-order valence-corrected chi connectivity index (χ2v) is 22.3. The van der Waals surface area contributed by atoms with Gasteiger partial charge in [0.25, 0.3) is 0 Å². The van der Waals surface area contributed by atoms with Crippen molar-refractivity contribution in [3.63, 3.8) is 0 Å². The number of thioether (sulfide) groups is 1. The number of carbonyl (C=O) groups excluding carboxylic acids is 3. The number of hydrogen-bond donors (Lipinski definition) is 10. The molecule has 0 aliphatic carbocycles. The lowest BCUT2D eigenvalue weighted by Crippen LogP contribution is -2.46. The Morgan fingerprint density at radius 3 is 2.23 bits per heavy atom. The summed E-state index contributed by atoms with van der Waals surface area (Å²) in [7, 11) is -16.5. The minimum absolute atomic E-state index is 0.0248. The van der Waals surface area contributed by atoms with Crippen molar-refractivity contribution in [1.29, 1.82) is 0 Å². The molecule has 3 heterocycles. The van der Waals surface area contributed by atoms with E-state index in [9.17, 15) is 63.0 Å². The Hall–Kier alpha value is -3.42. The van der Waals surface area contributed by atoms with E-state index in [2.05, 4.69) is 41.3 Å². The molecular weight excluding hydrogens is 1000 g/mol. The van der Waals surface area contributed by atoms with Crippen LogP contribution in [-0.2, 0) is 50.7 Å². The van der Waals surface area contributed by atoms with Crippen LogP contribution in [0.1, 0.15) is 110 Å². The van der Waals surface area contributed by atoms with Crippen LogP contribution >= 0.6 is 35.2 Å². The molecule has 0 aromatic carbocycles. The Kier molecular flexibility index (Phi) is 26.0. The molecule has 1 aliphatic rings. The predicted octanol–water partition coefficient (Wildman–Crippen LogP) is 4.92. The topological polar surface area (TPSA) is 384 Å². The summed E-state index contributed by atoms with van der Waals surface area (Å²) in [6.07, 6.45) is 15.9. The monoisotopic (exact) mass is 1070 g/mol. The van der Waals surface area contributed by atoms with Gasteiger partial charge in [-0.1, -0.05) is 115 Å². The van der Waals surface area contributed by atoms with Gasteiger partial charge >= 0.3 is 23.5 Å². The zero-order chi connectivity index (χ0) is 52.0. The standard InChI is InChI=1S/C41H68N7O18P3S/c1-4-5-6-7-8-9-10-11-12-13-14-15-16-17-18-19-29(49)24-32(51)70-23-22-43-31(50)20-21-44-39(54)36(53)41(2,3)26-63-69(60,61)66-68(58,59)62-25-30-35(65-67(55,56)57)34(52)40(64-30)48-28-47-33-37(42)45-27-46-38(33)48/h16-19,24,27-28,30,34-36,40,49,52-53H,4-15,20-23,25-26H2,1-3H3,(H,43,50)(H,44,54)(H,58,59)(H,60,61)(H2,42,45,46)(H2,55,56,57)/t30-,34-,35-,36+,40-/m1/s1. The van der Waals surface area contributed by atoms with E-state index in [-0.39, 0.29) is 48.0 Å². The SMILES string of the molecule is CCCCCCCCCCCCCC=CC=CC(O)=CC(=O)SCCNC(=O)CCNC(=O)[C@H](O)C(C)(C)COP(=O)(O)OP(=O)(O)OC[C@H]1O[C@@H](n2cnc3c(N)ncnc32)[C@H](O)[C@@H]1OP(=O)(O)O. The minimum Gasteiger partial charge on any atom is -0.508 e. The van der Waals surface area contributed by atoms with E-state index in [0.29, 0.717) is 0 Å². The fourth-order valence-corrected chi connectivity index (χ4v) is 10.2. The number of phosphoric ester groups is 3. The number of nitrogens with two attached hydrogens (primary N) is 1. The molecule has 25 nitrogen and oxygen atoms in total. The minimum atomic E-state index is -5.59. The largest absolute Gasteiger partial charge is 0.508 e. The van der Waals surface area contributed by atoms with Gasteiger partial charge in [0.2, 0.25) is 16.9 Å². The van der Waals surface area contributed by atoms with Crippen molar-refractivity contribution in [2.75, 3.05) is 37.8 Å². The van der Waals surface area contributed by atoms with E-state index in [0.717, 1.165) is 47.9 Å². The molecule has 1 fully saturated rings. The van der Waals surface area contributed by atoms with Gasteiger partial charge in [0.15, 0.2) is 17.7 Å². The molecule has 2 unspecified atom stereocenters. The van der Waals surface area contributed by atoms with Gasteiger partial charge in [0.05, 0.1) is 19.5 Å². The number of aliphatic hydroxyl groups excluding tert-OH is 3. The number of ether oxygens (including phenoxy) is 1. The number of nitrogens with one attached hydrogen (secondary N) is 2. The number of phosphoric acid groups is 3. The summed E-state index contributed by atoms with van der Waals surface area (Å²) in [5.74, 6) is -1.56. The third-order valence-electron chi connectivity index (χ3n) is 10.5. The average molecular weight is 1070 g/mol. The zero-order valence-corrected chi connectivity index (χ0v) is 42.9. The van der Waals surface area contributed by atoms with Crippen LogP contribution in [0.5, 0.6) is 0 Å². The van der Waals surface area contributed by atoms with Crippen LogP contribution in [0.25, 0.3) is 11.2 Å². The van der Waals surface area contributed by atoms with Gasteiger partial charge in [-0.15, -0.1) is 0 Å². The van der Waals surface area contributed by atoms with E-state index < -0.39 is 89.7 Å². The summed E-state index contributed by atoms with van der Waals surface area (Å²) in [4.78, 5) is 88.3. The van der Waals surface area contributed by atoms with E-state index in [4.69, 9.17) is 19.5 Å². The number of fused-ring (bicyclic) bond motifs is 1. The fraction of sp³-hybridized carbons (Fsp3) is 0.659. The molecule has 0 radical (unpaired) electrons. The highest BCUT2D eigenvalue weighted by atomic mass is 32.2. The normalized spacial score (nSPS) is 20.2. The van der Waals surface area contributed by atoms with Gasteiger partial charge in [-0.3, -0.25) is 32.5 Å². The van der Waals surface area contributed by atoms with Gasteiger partial charge in [-0.05, 0) is 18.9 Å². The second-order valence-electron chi connectivity index (χ2n) is 16.9. The van der Waals surface area contributed by atoms with Crippen molar-refractivity contribution in [1.82, 2.24) is 30.2 Å². The average Bonchev–Trinajstić information content (AvgIpc) is 3.84. The van der Waals surface area contributed by atoms with Gasteiger partial charge in [-0.2, -0.15) is 4.31 Å². The number of hydrogen-bond acceptors (Lipinski definition) is 19. The summed E-state index contributed by atoms with van der Waals surface area (Å²) in [5.41, 5.74) is 4.24. The third-order valence-corrected chi connectivity index (χ3v) is 14.4. The number of anilines is 1. The first kappa shape index (κ1) is 60.9. The molecule has 7 atom stereocenters. The van der Waals surface area contributed by atoms with Crippen molar-refractivity contribution in [3.05, 3.63) is 48.8 Å². The van der Waals surface area contributed by atoms with E-state index >= 15 is 0 Å². The number of rotatable bonds is 34. The number of amides is 2. The van der Waals surface area contributed by atoms with Crippen LogP contribution in [0.3, 0.4) is 0 Å². The zero-order valence-electron chi connectivity index (χ0n) is 39.4. The Balaban J connectivity index is 1.33. The van der Waals surface area contributed by atoms with Crippen molar-refractivity contribution >= 4 is 69.1 Å². The fourth-order valence-electron chi connectivity index (χ4n) is 6.75. The first-order valence-electron chi connectivity index (χ1n) is 22.7. The van der Waals surface area contributed by atoms with E-state index in [1.54, 1.807) is 6.08 Å². The van der Waals surface area contributed by atoms with E-state index in [1.807, 2.05) is 12.2 Å². The number of imidazole rings is 1. The number of nitrogen functional groups attached to an aromatic ring is 1. The number of aliphatic hydroxyl groups is 3. The molecule has 0 spiro atoms. The van der Waals surface area contributed by atoms with Crippen LogP contribution in [-0.4, -0.2) is 128 Å². The van der Waals surface area contributed by atoms with Crippen molar-refractivity contribution < 1.29 is 85.6 Å². The van der Waals surface area contributed by atoms with Gasteiger partial charge in [-0.25, -0.2) is 28.6 Å². The van der Waals surface area contributed by atoms with Crippen molar-refractivity contribution in [2.24, 2.45) is 5.41 Å². The molecule has 11 N–H and O–H groups in total. The highest BCUT2D eigenvalue weighted by molar-refractivity contribution is 8.14. The third kappa shape index (κ3) is 22.6. The molecule has 29 heteroatoms. The maximum absolute atomic E-state index is 12.7. The molecule has 2 amide bonds. The molecule has 0 saturated carbocycles. The van der Waals surface area contributed by atoms with E-state index in [1.165, 1.54) is 84.1 Å². The molecule has 2 aromatic rings. The molecule has 2 aromatic heterocycles. The Labute approximate surface area is 410 Å². The van der Waals surface area contributed by atoms with Crippen LogP contribution < -0.4 is 16.4 Å². The quantitative estimate of drug-likeness (QED) is 0.0146. The molecule has 1 saturated heterocycles. The molecule has 1 aliphatic heterocycles. The summed E-state index contributed by atoms with van der Waals surface area (Å²) in [6.45, 7) is 2.52. The van der Waals surface area contributed by atoms with Gasteiger partial charge in [0.1, 0.15) is 42.0 Å². The lowest BCUT2D eigenvalue weighted by Gasteiger charge is -2.30. The van der Waals surface area contributed by atoms with Crippen LogP contribution in [0.4, 0.5) is 5.82 Å². The Morgan fingerprint density at radius 1 is 0.929 bits per heavy atom. The molecule has 396 valence electrons. The van der Waals surface area contributed by atoms with Crippen LogP contribution in [0.2, 0.25) is 0 Å². The maximum atomic E-state index is 12.7. The number of aromatic nitrogens is 4. The number of carbonyl (C=O) groups is 3. The molecular formula is C41H68N7O18P3S. The lowest BCUT2D eigenvalue weighted by atomic mass is 9.87. The number of allylic oxidation sites excluding steroid dienone is 4. The summed E-state index contributed by atoms with van der Waals surface area (Å²) < 4.78 is 62.4. The second kappa shape index (κ2) is 29.9. The maximum Gasteiger partial charge on any atom is 0.481 e. The molecule has 0 bridgehead atoms. The first-order valence-corrected chi connectivity index (χ1v) is 28.3. The van der Waals surface area contributed by atoms with Gasteiger partial charge in [0, 0.05) is 36.8 Å². The summed E-state index contributed by atoms with van der Waals surface area (Å²) >= 11 is 0.874. The summed E-state index contributed by atoms with van der Waals surface area (Å²) in [5, 5.41) is 36.1. The lowest BCUT2D eigenvalue weighted by molar-refractivity contribution is -0.137. The van der Waals surface area contributed by atoms with Crippen LogP contribution in [0.15, 0.2) is 48.8 Å². The predicted molar refractivity (Wildman–Crippen MR) is 257 cm³/mol.